The number of hydrogen-bond acceptors (Lipinski definition) is 5. The van der Waals surface area contributed by atoms with Crippen molar-refractivity contribution >= 4 is 23.4 Å². The van der Waals surface area contributed by atoms with E-state index < -0.39 is 0 Å². The van der Waals surface area contributed by atoms with Crippen molar-refractivity contribution in [3.05, 3.63) is 76.4 Å². The zero-order chi connectivity index (χ0) is 19.8. The summed E-state index contributed by atoms with van der Waals surface area (Å²) in [6, 6.07) is 17.9. The average molecular weight is 397 g/mol. The predicted octanol–water partition coefficient (Wildman–Crippen LogP) is 4.76. The van der Waals surface area contributed by atoms with Crippen LogP contribution in [-0.4, -0.2) is 30.2 Å². The predicted molar refractivity (Wildman–Crippen MR) is 116 cm³/mol. The van der Waals surface area contributed by atoms with Crippen LogP contribution in [0.3, 0.4) is 0 Å². The van der Waals surface area contributed by atoms with E-state index in [4.69, 9.17) is 16.3 Å². The van der Waals surface area contributed by atoms with Crippen molar-refractivity contribution in [1.82, 2.24) is 9.97 Å². The Morgan fingerprint density at radius 3 is 2.43 bits per heavy atom. The highest BCUT2D eigenvalue weighted by atomic mass is 35.5. The van der Waals surface area contributed by atoms with Gasteiger partial charge in [-0.05, 0) is 55.2 Å². The van der Waals surface area contributed by atoms with Crippen LogP contribution in [0.5, 0.6) is 5.75 Å². The molecule has 0 atom stereocenters. The lowest BCUT2D eigenvalue weighted by Crippen LogP contribution is -2.12. The SMILES string of the molecule is COc1cccc(CCNc2nc(C)cc(NCCc3ccc(Cl)cc3)n2)c1. The molecule has 3 rings (SSSR count). The molecule has 0 saturated carbocycles. The van der Waals surface area contributed by atoms with Crippen LogP contribution in [0, 0.1) is 6.92 Å². The van der Waals surface area contributed by atoms with Crippen molar-refractivity contribution in [2.24, 2.45) is 0 Å². The number of nitrogens with one attached hydrogen (secondary N) is 2. The third kappa shape index (κ3) is 6.13. The first-order valence-electron chi connectivity index (χ1n) is 9.33. The summed E-state index contributed by atoms with van der Waals surface area (Å²) in [5.74, 6) is 2.33. The molecule has 1 aromatic heterocycles. The minimum absolute atomic E-state index is 0.636. The van der Waals surface area contributed by atoms with Crippen molar-refractivity contribution in [2.75, 3.05) is 30.8 Å². The first kappa shape index (κ1) is 20.0. The molecule has 2 aromatic carbocycles. The molecule has 28 heavy (non-hydrogen) atoms. The molecule has 0 fully saturated rings. The van der Waals surface area contributed by atoms with Gasteiger partial charge >= 0.3 is 0 Å². The maximum absolute atomic E-state index is 5.93. The van der Waals surface area contributed by atoms with Gasteiger partial charge in [-0.3, -0.25) is 0 Å². The van der Waals surface area contributed by atoms with Crippen LogP contribution in [-0.2, 0) is 12.8 Å². The van der Waals surface area contributed by atoms with E-state index in [1.165, 1.54) is 11.1 Å². The quantitative estimate of drug-likeness (QED) is 0.546. The van der Waals surface area contributed by atoms with Crippen molar-refractivity contribution in [3.8, 4) is 5.75 Å². The molecule has 0 spiro atoms. The number of hydrogen-bond donors (Lipinski definition) is 2. The molecule has 0 aliphatic heterocycles. The summed E-state index contributed by atoms with van der Waals surface area (Å²) >= 11 is 5.93. The second-order valence-corrected chi connectivity index (χ2v) is 6.99. The standard InChI is InChI=1S/C22H25ClN4O/c1-16-14-21(24-12-10-17-6-8-19(23)9-7-17)27-22(26-16)25-13-11-18-4-3-5-20(15-18)28-2/h3-9,14-15H,10-13H2,1-2H3,(H2,24,25,26,27). The second-order valence-electron chi connectivity index (χ2n) is 6.55. The van der Waals surface area contributed by atoms with Gasteiger partial charge in [-0.25, -0.2) is 4.98 Å². The van der Waals surface area contributed by atoms with Gasteiger partial charge in [-0.15, -0.1) is 0 Å². The van der Waals surface area contributed by atoms with Gasteiger partial charge in [-0.2, -0.15) is 4.98 Å². The number of methoxy groups -OCH3 is 1. The van der Waals surface area contributed by atoms with Crippen LogP contribution in [0.2, 0.25) is 5.02 Å². The van der Waals surface area contributed by atoms with Crippen molar-refractivity contribution < 1.29 is 4.74 Å². The highest BCUT2D eigenvalue weighted by Crippen LogP contribution is 2.14. The largest absolute Gasteiger partial charge is 0.497 e. The maximum atomic E-state index is 5.93. The Hall–Kier alpha value is -2.79. The van der Waals surface area contributed by atoms with Crippen molar-refractivity contribution in [3.63, 3.8) is 0 Å². The summed E-state index contributed by atoms with van der Waals surface area (Å²) in [4.78, 5) is 9.04. The lowest BCUT2D eigenvalue weighted by atomic mass is 10.1. The fourth-order valence-corrected chi connectivity index (χ4v) is 3.00. The maximum Gasteiger partial charge on any atom is 0.224 e. The molecule has 5 nitrogen and oxygen atoms in total. The van der Waals surface area contributed by atoms with Gasteiger partial charge in [0.25, 0.3) is 0 Å². The Bertz CT molecular complexity index is 899. The van der Waals surface area contributed by atoms with Gasteiger partial charge < -0.3 is 15.4 Å². The monoisotopic (exact) mass is 396 g/mol. The van der Waals surface area contributed by atoms with Gasteiger partial charge in [0.15, 0.2) is 0 Å². The van der Waals surface area contributed by atoms with Crippen LogP contribution in [0.1, 0.15) is 16.8 Å². The molecule has 0 aliphatic carbocycles. The zero-order valence-corrected chi connectivity index (χ0v) is 17.0. The summed E-state index contributed by atoms with van der Waals surface area (Å²) < 4.78 is 5.27. The minimum Gasteiger partial charge on any atom is -0.497 e. The molecule has 1 heterocycles. The Labute approximate surface area is 171 Å². The Kier molecular flexibility index (Phi) is 7.09. The lowest BCUT2D eigenvalue weighted by Gasteiger charge is -2.10. The average Bonchev–Trinajstić information content (AvgIpc) is 2.69. The molecule has 0 aliphatic rings. The molecule has 0 unspecified atom stereocenters. The molecular formula is C22H25ClN4O. The van der Waals surface area contributed by atoms with E-state index in [2.05, 4.69) is 26.7 Å². The number of rotatable bonds is 9. The fraction of sp³-hybridized carbons (Fsp3) is 0.273. The normalized spacial score (nSPS) is 10.5. The highest BCUT2D eigenvalue weighted by Gasteiger charge is 2.03. The molecule has 6 heteroatoms. The van der Waals surface area contributed by atoms with E-state index in [1.807, 2.05) is 55.5 Å². The van der Waals surface area contributed by atoms with Gasteiger partial charge in [0.1, 0.15) is 11.6 Å². The Morgan fingerprint density at radius 2 is 1.64 bits per heavy atom. The first-order valence-corrected chi connectivity index (χ1v) is 9.71. The van der Waals surface area contributed by atoms with Gasteiger partial charge in [0, 0.05) is 29.9 Å². The van der Waals surface area contributed by atoms with Crippen molar-refractivity contribution in [1.29, 1.82) is 0 Å². The molecule has 0 radical (unpaired) electrons. The number of halogens is 1. The number of nitrogens with zero attached hydrogens (tertiary/aromatic N) is 2. The third-order valence-corrected chi connectivity index (χ3v) is 4.57. The fourth-order valence-electron chi connectivity index (χ4n) is 2.87. The van der Waals surface area contributed by atoms with Crippen LogP contribution in [0.4, 0.5) is 11.8 Å². The van der Waals surface area contributed by atoms with E-state index in [9.17, 15) is 0 Å². The molecular weight excluding hydrogens is 372 g/mol. The van der Waals surface area contributed by atoms with Crippen LogP contribution >= 0.6 is 11.6 Å². The minimum atomic E-state index is 0.636. The van der Waals surface area contributed by atoms with Crippen molar-refractivity contribution in [2.45, 2.75) is 19.8 Å². The second kappa shape index (κ2) is 9.95. The summed E-state index contributed by atoms with van der Waals surface area (Å²) in [6.45, 7) is 3.52. The molecule has 146 valence electrons. The zero-order valence-electron chi connectivity index (χ0n) is 16.2. The van der Waals surface area contributed by atoms with Gasteiger partial charge in [0.2, 0.25) is 5.95 Å². The summed E-state index contributed by atoms with van der Waals surface area (Å²) in [6.07, 6.45) is 1.77. The summed E-state index contributed by atoms with van der Waals surface area (Å²) in [7, 11) is 1.68. The lowest BCUT2D eigenvalue weighted by molar-refractivity contribution is 0.414. The van der Waals surface area contributed by atoms with E-state index in [1.54, 1.807) is 7.11 Å². The van der Waals surface area contributed by atoms with Crippen LogP contribution < -0.4 is 15.4 Å². The number of ether oxygens (including phenoxy) is 1. The Morgan fingerprint density at radius 1 is 0.893 bits per heavy atom. The van der Waals surface area contributed by atoms with Crippen LogP contribution in [0.15, 0.2) is 54.6 Å². The topological polar surface area (TPSA) is 59.1 Å². The van der Waals surface area contributed by atoms with E-state index >= 15 is 0 Å². The number of aromatic nitrogens is 2. The van der Waals surface area contributed by atoms with E-state index in [-0.39, 0.29) is 0 Å². The third-order valence-electron chi connectivity index (χ3n) is 4.32. The number of anilines is 2. The molecule has 2 N–H and O–H groups in total. The van der Waals surface area contributed by atoms with Gasteiger partial charge in [0.05, 0.1) is 7.11 Å². The highest BCUT2D eigenvalue weighted by molar-refractivity contribution is 6.30. The molecule has 0 amide bonds. The van der Waals surface area contributed by atoms with E-state index in [0.29, 0.717) is 5.95 Å². The number of benzene rings is 2. The molecule has 0 saturated heterocycles. The summed E-state index contributed by atoms with van der Waals surface area (Å²) in [5, 5.41) is 7.44. The van der Waals surface area contributed by atoms with Gasteiger partial charge in [-0.1, -0.05) is 35.9 Å². The first-order chi connectivity index (χ1) is 13.6. The number of aryl methyl sites for hydroxylation is 1. The Balaban J connectivity index is 1.51. The molecule has 3 aromatic rings. The molecule has 0 bridgehead atoms. The van der Waals surface area contributed by atoms with E-state index in [0.717, 1.165) is 48.2 Å². The van der Waals surface area contributed by atoms with Crippen LogP contribution in [0.25, 0.3) is 0 Å². The smallest absolute Gasteiger partial charge is 0.224 e. The summed E-state index contributed by atoms with van der Waals surface area (Å²) in [5.41, 5.74) is 3.37.